The lowest BCUT2D eigenvalue weighted by Gasteiger charge is -2.15. The Labute approximate surface area is 139 Å². The summed E-state index contributed by atoms with van der Waals surface area (Å²) >= 11 is 0. The molecule has 0 aliphatic carbocycles. The first-order chi connectivity index (χ1) is 11.2. The van der Waals surface area contributed by atoms with Crippen molar-refractivity contribution in [3.63, 3.8) is 0 Å². The number of nitrogens with two attached hydrogens (primary N) is 1. The molecule has 0 unspecified atom stereocenters. The van der Waals surface area contributed by atoms with Gasteiger partial charge in [-0.2, -0.15) is 0 Å². The van der Waals surface area contributed by atoms with Crippen molar-refractivity contribution in [3.8, 4) is 5.75 Å². The zero-order valence-electron chi connectivity index (χ0n) is 13.1. The van der Waals surface area contributed by atoms with E-state index >= 15 is 0 Å². The number of carbonyl (C=O) groups excluding carboxylic acids is 1. The molecule has 0 heterocycles. The van der Waals surface area contributed by atoms with Crippen LogP contribution in [-0.2, 0) is 10.0 Å². The van der Waals surface area contributed by atoms with Gasteiger partial charge in [-0.1, -0.05) is 12.1 Å². The number of rotatable bonds is 5. The minimum absolute atomic E-state index is 0.0561. The monoisotopic (exact) mass is 352 g/mol. The van der Waals surface area contributed by atoms with Crippen LogP contribution in [0.3, 0.4) is 0 Å². The molecule has 8 heteroatoms. The molecule has 2 rings (SSSR count). The van der Waals surface area contributed by atoms with Crippen LogP contribution in [0.25, 0.3) is 0 Å². The van der Waals surface area contributed by atoms with Gasteiger partial charge in [0.05, 0.1) is 13.2 Å². The Morgan fingerprint density at radius 1 is 1.21 bits per heavy atom. The summed E-state index contributed by atoms with van der Waals surface area (Å²) in [5.74, 6) is -0.801. The molecule has 0 saturated carbocycles. The number of nitrogens with one attached hydrogen (secondary N) is 1. The fourth-order valence-corrected chi connectivity index (χ4v) is 2.88. The van der Waals surface area contributed by atoms with E-state index in [4.69, 9.17) is 9.88 Å². The second kappa shape index (κ2) is 6.98. The number of hydrogen-bond acceptors (Lipinski definition) is 4. The zero-order valence-corrected chi connectivity index (χ0v) is 13.9. The molecule has 0 aliphatic rings. The molecule has 0 bridgehead atoms. The summed E-state index contributed by atoms with van der Waals surface area (Å²) < 4.78 is 41.1. The number of primary sulfonamides is 1. The number of ether oxygens (including phenoxy) is 1. The van der Waals surface area contributed by atoms with Gasteiger partial charge in [0.2, 0.25) is 10.0 Å². The summed E-state index contributed by atoms with van der Waals surface area (Å²) in [7, 11) is -2.73. The molecular weight excluding hydrogens is 335 g/mol. The third kappa shape index (κ3) is 4.09. The van der Waals surface area contributed by atoms with Crippen molar-refractivity contribution < 1.29 is 22.3 Å². The van der Waals surface area contributed by atoms with Crippen molar-refractivity contribution in [3.05, 3.63) is 59.4 Å². The summed E-state index contributed by atoms with van der Waals surface area (Å²) in [6.07, 6.45) is 0. The van der Waals surface area contributed by atoms with Crippen LogP contribution in [0.15, 0.2) is 47.4 Å². The first-order valence-electron chi connectivity index (χ1n) is 6.99. The maximum absolute atomic E-state index is 12.9. The molecule has 1 atom stereocenters. The summed E-state index contributed by atoms with van der Waals surface area (Å²) in [6.45, 7) is 1.73. The van der Waals surface area contributed by atoms with E-state index in [1.807, 2.05) is 0 Å². The SMILES string of the molecule is COc1ccc(C(=O)N[C@H](C)c2ccc(F)cc2)cc1S(N)(=O)=O. The predicted molar refractivity (Wildman–Crippen MR) is 86.6 cm³/mol. The number of sulfonamides is 1. The fourth-order valence-electron chi connectivity index (χ4n) is 2.16. The zero-order chi connectivity index (χ0) is 17.9. The highest BCUT2D eigenvalue weighted by Crippen LogP contribution is 2.24. The maximum atomic E-state index is 12.9. The Bertz CT molecular complexity index is 851. The molecule has 24 heavy (non-hydrogen) atoms. The van der Waals surface area contributed by atoms with Gasteiger partial charge in [0.25, 0.3) is 5.91 Å². The number of carbonyl (C=O) groups is 1. The lowest BCUT2D eigenvalue weighted by atomic mass is 10.1. The Morgan fingerprint density at radius 3 is 2.38 bits per heavy atom. The first-order valence-corrected chi connectivity index (χ1v) is 8.54. The number of hydrogen-bond donors (Lipinski definition) is 2. The van der Waals surface area contributed by atoms with Crippen LogP contribution in [0.2, 0.25) is 0 Å². The molecule has 2 aromatic rings. The minimum atomic E-state index is -4.03. The highest BCUT2D eigenvalue weighted by molar-refractivity contribution is 7.89. The van der Waals surface area contributed by atoms with Gasteiger partial charge in [-0.05, 0) is 42.8 Å². The normalized spacial score (nSPS) is 12.5. The minimum Gasteiger partial charge on any atom is -0.495 e. The van der Waals surface area contributed by atoms with Gasteiger partial charge in [0, 0.05) is 5.56 Å². The van der Waals surface area contributed by atoms with Crippen molar-refractivity contribution in [2.75, 3.05) is 7.11 Å². The molecule has 6 nitrogen and oxygen atoms in total. The van der Waals surface area contributed by atoms with Crippen LogP contribution in [0, 0.1) is 5.82 Å². The highest BCUT2D eigenvalue weighted by Gasteiger charge is 2.19. The van der Waals surface area contributed by atoms with E-state index in [-0.39, 0.29) is 22.0 Å². The highest BCUT2D eigenvalue weighted by atomic mass is 32.2. The molecule has 1 amide bonds. The molecule has 0 aromatic heterocycles. The van der Waals surface area contributed by atoms with E-state index < -0.39 is 22.0 Å². The smallest absolute Gasteiger partial charge is 0.251 e. The average Bonchev–Trinajstić information content (AvgIpc) is 2.53. The number of halogens is 1. The van der Waals surface area contributed by atoms with Gasteiger partial charge in [-0.3, -0.25) is 4.79 Å². The van der Waals surface area contributed by atoms with Crippen LogP contribution in [0.5, 0.6) is 5.75 Å². The number of methoxy groups -OCH3 is 1. The van der Waals surface area contributed by atoms with E-state index in [2.05, 4.69) is 5.32 Å². The van der Waals surface area contributed by atoms with Gasteiger partial charge >= 0.3 is 0 Å². The van der Waals surface area contributed by atoms with E-state index in [0.29, 0.717) is 5.56 Å². The van der Waals surface area contributed by atoms with Crippen molar-refractivity contribution in [1.82, 2.24) is 5.32 Å². The molecule has 0 spiro atoms. The third-order valence-electron chi connectivity index (χ3n) is 3.45. The van der Waals surface area contributed by atoms with Crippen molar-refractivity contribution in [2.24, 2.45) is 5.14 Å². The van der Waals surface area contributed by atoms with Crippen molar-refractivity contribution >= 4 is 15.9 Å². The lowest BCUT2D eigenvalue weighted by Crippen LogP contribution is -2.27. The largest absolute Gasteiger partial charge is 0.495 e. The Morgan fingerprint density at radius 2 is 1.83 bits per heavy atom. The van der Waals surface area contributed by atoms with Crippen LogP contribution >= 0.6 is 0 Å². The Kier molecular flexibility index (Phi) is 5.20. The quantitative estimate of drug-likeness (QED) is 0.859. The second-order valence-corrected chi connectivity index (χ2v) is 6.69. The molecule has 2 aromatic carbocycles. The average molecular weight is 352 g/mol. The topological polar surface area (TPSA) is 98.5 Å². The Hall–Kier alpha value is -2.45. The molecule has 128 valence electrons. The maximum Gasteiger partial charge on any atom is 0.251 e. The van der Waals surface area contributed by atoms with E-state index in [1.165, 1.54) is 31.4 Å². The second-order valence-electron chi connectivity index (χ2n) is 5.16. The van der Waals surface area contributed by atoms with Crippen LogP contribution in [0.1, 0.15) is 28.9 Å². The standard InChI is InChI=1S/C16H17FN2O4S/c1-10(11-3-6-13(17)7-4-11)19-16(20)12-5-8-14(23-2)15(9-12)24(18,21)22/h3-10H,1-2H3,(H,19,20)(H2,18,21,22)/t10-/m1/s1. The van der Waals surface area contributed by atoms with Gasteiger partial charge in [-0.25, -0.2) is 17.9 Å². The lowest BCUT2D eigenvalue weighted by molar-refractivity contribution is 0.0939. The number of benzene rings is 2. The molecular formula is C16H17FN2O4S. The van der Waals surface area contributed by atoms with Gasteiger partial charge < -0.3 is 10.1 Å². The van der Waals surface area contributed by atoms with E-state index in [1.54, 1.807) is 19.1 Å². The van der Waals surface area contributed by atoms with Gasteiger partial charge in [0.15, 0.2) is 0 Å². The van der Waals surface area contributed by atoms with Crippen LogP contribution < -0.4 is 15.2 Å². The van der Waals surface area contributed by atoms with Crippen molar-refractivity contribution in [1.29, 1.82) is 0 Å². The van der Waals surface area contributed by atoms with E-state index in [0.717, 1.165) is 6.07 Å². The fraction of sp³-hybridized carbons (Fsp3) is 0.188. The molecule has 0 fully saturated rings. The molecule has 0 saturated heterocycles. The molecule has 0 radical (unpaired) electrons. The third-order valence-corrected chi connectivity index (χ3v) is 4.38. The Balaban J connectivity index is 2.25. The van der Waals surface area contributed by atoms with E-state index in [9.17, 15) is 17.6 Å². The number of amides is 1. The van der Waals surface area contributed by atoms with Crippen LogP contribution in [-0.4, -0.2) is 21.4 Å². The van der Waals surface area contributed by atoms with Crippen LogP contribution in [0.4, 0.5) is 4.39 Å². The van der Waals surface area contributed by atoms with Crippen molar-refractivity contribution in [2.45, 2.75) is 17.9 Å². The summed E-state index contributed by atoms with van der Waals surface area (Å²) in [5, 5.41) is 7.84. The first kappa shape index (κ1) is 17.9. The van der Waals surface area contributed by atoms with Gasteiger partial charge in [0.1, 0.15) is 16.5 Å². The predicted octanol–water partition coefficient (Wildman–Crippen LogP) is 1.97. The molecule has 0 aliphatic heterocycles. The summed E-state index contributed by atoms with van der Waals surface area (Å²) in [6, 6.07) is 9.26. The summed E-state index contributed by atoms with van der Waals surface area (Å²) in [5.41, 5.74) is 0.832. The van der Waals surface area contributed by atoms with Gasteiger partial charge in [-0.15, -0.1) is 0 Å². The summed E-state index contributed by atoms with van der Waals surface area (Å²) in [4.78, 5) is 12.0. The molecule has 3 N–H and O–H groups in total.